The molecule has 0 unspecified atom stereocenters. The van der Waals surface area contributed by atoms with Crippen LogP contribution < -0.4 is 15.4 Å². The van der Waals surface area contributed by atoms with Crippen LogP contribution >= 0.6 is 23.4 Å². The molecule has 12 nitrogen and oxygen atoms in total. The topological polar surface area (TPSA) is 191 Å². The number of urea groups is 1. The first kappa shape index (κ1) is 44.3. The first-order chi connectivity index (χ1) is 28.0. The van der Waals surface area contributed by atoms with Crippen LogP contribution in [0, 0.1) is 5.92 Å². The van der Waals surface area contributed by atoms with E-state index >= 15 is 0 Å². The molecule has 1 heterocycles. The number of ketones is 1. The van der Waals surface area contributed by atoms with Crippen LogP contribution in [0.3, 0.4) is 0 Å². The van der Waals surface area contributed by atoms with Gasteiger partial charge in [-0.3, -0.25) is 9.78 Å². The lowest BCUT2D eigenvalue weighted by Gasteiger charge is -2.29. The Bertz CT molecular complexity index is 1800. The van der Waals surface area contributed by atoms with Crippen molar-refractivity contribution in [3.05, 3.63) is 77.1 Å². The molecule has 0 spiro atoms. The number of rotatable bonds is 23. The van der Waals surface area contributed by atoms with Crippen LogP contribution in [-0.4, -0.2) is 97.8 Å². The average Bonchev–Trinajstić information content (AvgIpc) is 4.19. The molecule has 0 radical (unpaired) electrons. The van der Waals surface area contributed by atoms with Crippen molar-refractivity contribution in [2.45, 2.75) is 137 Å². The maximum absolute atomic E-state index is 12.8. The minimum absolute atomic E-state index is 0.0625. The van der Waals surface area contributed by atoms with Crippen LogP contribution in [0.25, 0.3) is 11.1 Å². The molecule has 3 saturated carbocycles. The molecular formula is C44H58ClN3O9S. The molecule has 6 rings (SSSR count). The maximum atomic E-state index is 12.8. The lowest BCUT2D eigenvalue weighted by atomic mass is 9.82. The SMILES string of the molecule is O=C(CCCCCSc1ccc(Cl)c(COC2(c3cnccc3-c3ccccc3OC3CC3)CC2)c1)CC1CCC(NC(=O)NC[C@H](O)[C@@H](O)[C@H](O)[C@H](O)CO)CC1. The highest BCUT2D eigenvalue weighted by molar-refractivity contribution is 7.99. The number of ether oxygens (including phenoxy) is 2. The molecule has 14 heteroatoms. The molecule has 0 bridgehead atoms. The van der Waals surface area contributed by atoms with Gasteiger partial charge in [-0.25, -0.2) is 4.79 Å². The van der Waals surface area contributed by atoms with Crippen LogP contribution in [0.15, 0.2) is 65.8 Å². The Hall–Kier alpha value is -3.27. The molecule has 1 aromatic heterocycles. The van der Waals surface area contributed by atoms with Crippen molar-refractivity contribution in [2.24, 2.45) is 5.92 Å². The quantitative estimate of drug-likeness (QED) is 0.0435. The van der Waals surface area contributed by atoms with Crippen molar-refractivity contribution in [1.29, 1.82) is 0 Å². The van der Waals surface area contributed by atoms with Crippen LogP contribution in [0.2, 0.25) is 5.02 Å². The van der Waals surface area contributed by atoms with E-state index in [2.05, 4.69) is 39.9 Å². The second-order valence-electron chi connectivity index (χ2n) is 16.0. The Kier molecular flexibility index (Phi) is 16.3. The standard InChI is InChI=1S/C44H58ClN3O9S/c45-37-16-15-33(23-29(37)27-56-44(18-19-44)36-24-46-20-17-34(36)35-7-3-4-8-40(35)57-32-13-14-32)58-21-5-1-2-6-31(50)22-28-9-11-30(12-10-28)48-43(55)47-25-38(51)41(53)42(54)39(52)26-49/h3-4,7-8,15-17,20,23-24,28,30,32,38-39,41-42,49,51-54H,1-2,5-6,9-14,18-19,21-22,25-27H2,(H2,47,48,55)/t28?,30?,38-,39+,41+,42+/m0/s1. The molecule has 2 amide bonds. The molecule has 58 heavy (non-hydrogen) atoms. The van der Waals surface area contributed by atoms with Gasteiger partial charge in [0.15, 0.2) is 0 Å². The number of benzene rings is 2. The summed E-state index contributed by atoms with van der Waals surface area (Å²) in [5.41, 5.74) is 3.80. The van der Waals surface area contributed by atoms with Gasteiger partial charge in [-0.15, -0.1) is 11.8 Å². The summed E-state index contributed by atoms with van der Waals surface area (Å²) in [7, 11) is 0. The summed E-state index contributed by atoms with van der Waals surface area (Å²) in [5, 5.41) is 54.0. The number of para-hydroxylation sites is 1. The highest BCUT2D eigenvalue weighted by Crippen LogP contribution is 2.53. The summed E-state index contributed by atoms with van der Waals surface area (Å²) >= 11 is 8.46. The zero-order valence-corrected chi connectivity index (χ0v) is 34.5. The number of nitrogens with zero attached hydrogens (tertiary/aromatic N) is 1. The number of carbonyl (C=O) groups excluding carboxylic acids is 2. The van der Waals surface area contributed by atoms with Gasteiger partial charge in [-0.05, 0) is 117 Å². The van der Waals surface area contributed by atoms with Gasteiger partial charge in [0.05, 0.1) is 31.0 Å². The zero-order valence-electron chi connectivity index (χ0n) is 32.9. The van der Waals surface area contributed by atoms with E-state index in [0.717, 1.165) is 109 Å². The molecular weight excluding hydrogens is 782 g/mol. The Morgan fingerprint density at radius 1 is 0.914 bits per heavy atom. The third-order valence-electron chi connectivity index (χ3n) is 11.4. The molecule has 0 saturated heterocycles. The normalized spacial score (nSPS) is 20.7. The van der Waals surface area contributed by atoms with Gasteiger partial charge in [-0.2, -0.15) is 0 Å². The van der Waals surface area contributed by atoms with Gasteiger partial charge in [0.2, 0.25) is 0 Å². The van der Waals surface area contributed by atoms with E-state index in [1.165, 1.54) is 0 Å². The van der Waals surface area contributed by atoms with E-state index in [9.17, 15) is 30.0 Å². The second kappa shape index (κ2) is 21.3. The Balaban J connectivity index is 0.857. The number of halogens is 1. The van der Waals surface area contributed by atoms with Gasteiger partial charge < -0.3 is 45.6 Å². The number of nitrogens with one attached hydrogen (secondary N) is 2. The third-order valence-corrected chi connectivity index (χ3v) is 12.8. The summed E-state index contributed by atoms with van der Waals surface area (Å²) in [5.74, 6) is 2.43. The number of aliphatic hydroxyl groups is 5. The van der Waals surface area contributed by atoms with E-state index in [4.69, 9.17) is 26.2 Å². The molecule has 3 aliphatic rings. The summed E-state index contributed by atoms with van der Waals surface area (Å²) < 4.78 is 12.9. The number of aromatic nitrogens is 1. The number of amides is 2. The Morgan fingerprint density at radius 2 is 1.67 bits per heavy atom. The second-order valence-corrected chi connectivity index (χ2v) is 17.6. The van der Waals surface area contributed by atoms with Gasteiger partial charge in [0.25, 0.3) is 0 Å². The smallest absolute Gasteiger partial charge is 0.315 e. The number of thioether (sulfide) groups is 1. The minimum atomic E-state index is -1.75. The molecule has 0 aliphatic heterocycles. The van der Waals surface area contributed by atoms with E-state index in [0.29, 0.717) is 36.5 Å². The van der Waals surface area contributed by atoms with Crippen molar-refractivity contribution >= 4 is 35.2 Å². The van der Waals surface area contributed by atoms with Crippen LogP contribution in [-0.2, 0) is 21.7 Å². The fourth-order valence-corrected chi connectivity index (χ4v) is 8.71. The fraction of sp³-hybridized carbons (Fsp3) is 0.568. The lowest BCUT2D eigenvalue weighted by Crippen LogP contribution is -2.51. The van der Waals surface area contributed by atoms with E-state index in [1.54, 1.807) is 11.8 Å². The predicted octanol–water partition coefficient (Wildman–Crippen LogP) is 6.05. The Labute approximate surface area is 350 Å². The number of carbonyl (C=O) groups is 2. The monoisotopic (exact) mass is 839 g/mol. The third kappa shape index (κ3) is 12.6. The minimum Gasteiger partial charge on any atom is -0.490 e. The van der Waals surface area contributed by atoms with Crippen LogP contribution in [0.5, 0.6) is 5.75 Å². The number of aliphatic hydroxyl groups excluding tert-OH is 5. The summed E-state index contributed by atoms with van der Waals surface area (Å²) in [6.45, 7) is -0.714. The number of hydrogen-bond donors (Lipinski definition) is 7. The number of unbranched alkanes of at least 4 members (excludes halogenated alkanes) is 2. The van der Waals surface area contributed by atoms with E-state index in [-0.39, 0.29) is 18.4 Å². The Morgan fingerprint density at radius 3 is 2.41 bits per heavy atom. The highest BCUT2D eigenvalue weighted by Gasteiger charge is 2.48. The summed E-state index contributed by atoms with van der Waals surface area (Å²) in [6, 6.07) is 15.8. The lowest BCUT2D eigenvalue weighted by molar-refractivity contribution is -0.120. The van der Waals surface area contributed by atoms with Gasteiger partial charge in [0, 0.05) is 58.9 Å². The average molecular weight is 840 g/mol. The van der Waals surface area contributed by atoms with Gasteiger partial charge in [-0.1, -0.05) is 36.2 Å². The molecule has 2 aromatic carbocycles. The zero-order chi connectivity index (χ0) is 41.1. The fourth-order valence-electron chi connectivity index (χ4n) is 7.57. The van der Waals surface area contributed by atoms with Crippen molar-refractivity contribution < 1.29 is 44.6 Å². The van der Waals surface area contributed by atoms with E-state index < -0.39 is 42.7 Å². The first-order valence-corrected chi connectivity index (χ1v) is 22.1. The largest absolute Gasteiger partial charge is 0.490 e. The molecule has 7 N–H and O–H groups in total. The highest BCUT2D eigenvalue weighted by atomic mass is 35.5. The summed E-state index contributed by atoms with van der Waals surface area (Å²) in [6.07, 6.45) is 8.62. The molecule has 3 aromatic rings. The van der Waals surface area contributed by atoms with Crippen LogP contribution in [0.1, 0.15) is 94.6 Å². The molecule has 4 atom stereocenters. The van der Waals surface area contributed by atoms with Crippen molar-refractivity contribution in [3.8, 4) is 16.9 Å². The van der Waals surface area contributed by atoms with Crippen molar-refractivity contribution in [1.82, 2.24) is 15.6 Å². The summed E-state index contributed by atoms with van der Waals surface area (Å²) in [4.78, 5) is 30.7. The van der Waals surface area contributed by atoms with E-state index in [1.807, 2.05) is 36.7 Å². The molecule has 3 fully saturated rings. The van der Waals surface area contributed by atoms with Gasteiger partial charge in [0.1, 0.15) is 29.8 Å². The predicted molar refractivity (Wildman–Crippen MR) is 223 cm³/mol. The first-order valence-electron chi connectivity index (χ1n) is 20.7. The number of Topliss-reactive ketones (excluding diaryl/α,β-unsaturated/α-hetero) is 1. The maximum Gasteiger partial charge on any atom is 0.315 e. The number of hydrogen-bond acceptors (Lipinski definition) is 11. The van der Waals surface area contributed by atoms with Gasteiger partial charge >= 0.3 is 6.03 Å². The molecule has 3 aliphatic carbocycles. The number of pyridine rings is 1. The van der Waals surface area contributed by atoms with Crippen LogP contribution in [0.4, 0.5) is 4.79 Å². The molecule has 316 valence electrons. The van der Waals surface area contributed by atoms with Crippen molar-refractivity contribution in [3.63, 3.8) is 0 Å². The van der Waals surface area contributed by atoms with Crippen molar-refractivity contribution in [2.75, 3.05) is 18.9 Å².